The minimum atomic E-state index is -0.419. The van der Waals surface area contributed by atoms with E-state index in [1.807, 2.05) is 36.5 Å². The Labute approximate surface area is 93.7 Å². The molecule has 82 valence electrons. The van der Waals surface area contributed by atoms with Crippen molar-refractivity contribution >= 4 is 5.91 Å². The van der Waals surface area contributed by atoms with Crippen LogP contribution >= 0.6 is 0 Å². The van der Waals surface area contributed by atoms with Crippen LogP contribution in [0.5, 0.6) is 0 Å². The summed E-state index contributed by atoms with van der Waals surface area (Å²) in [4.78, 5) is 11.0. The second kappa shape index (κ2) is 4.18. The Morgan fingerprint density at radius 3 is 2.62 bits per heavy atom. The fourth-order valence-electron chi connectivity index (χ4n) is 1.46. The van der Waals surface area contributed by atoms with Gasteiger partial charge in [0.1, 0.15) is 6.04 Å². The molecule has 1 aromatic heterocycles. The summed E-state index contributed by atoms with van der Waals surface area (Å²) in [5.74, 6) is -0.386. The molecular formula is C12H13N3O. The zero-order chi connectivity index (χ0) is 11.5. The van der Waals surface area contributed by atoms with Gasteiger partial charge in [-0.1, -0.05) is 30.3 Å². The highest BCUT2D eigenvalue weighted by Crippen LogP contribution is 2.19. The normalized spacial score (nSPS) is 12.3. The van der Waals surface area contributed by atoms with Gasteiger partial charge >= 0.3 is 0 Å². The maximum atomic E-state index is 11.0. The van der Waals surface area contributed by atoms with E-state index < -0.39 is 6.04 Å². The van der Waals surface area contributed by atoms with Crippen LogP contribution in [0.4, 0.5) is 0 Å². The Morgan fingerprint density at radius 2 is 2.00 bits per heavy atom. The van der Waals surface area contributed by atoms with Crippen molar-refractivity contribution < 1.29 is 4.79 Å². The van der Waals surface area contributed by atoms with Crippen LogP contribution < -0.4 is 5.73 Å². The molecule has 0 bridgehead atoms. The Morgan fingerprint density at radius 1 is 1.31 bits per heavy atom. The van der Waals surface area contributed by atoms with Gasteiger partial charge in [-0.2, -0.15) is 5.10 Å². The van der Waals surface area contributed by atoms with Gasteiger partial charge in [0.15, 0.2) is 0 Å². The zero-order valence-corrected chi connectivity index (χ0v) is 9.00. The number of nitrogens with zero attached hydrogens (tertiary/aromatic N) is 2. The van der Waals surface area contributed by atoms with Gasteiger partial charge in [0.2, 0.25) is 5.91 Å². The maximum Gasteiger partial charge on any atom is 0.241 e. The van der Waals surface area contributed by atoms with Gasteiger partial charge in [0, 0.05) is 11.8 Å². The van der Waals surface area contributed by atoms with Crippen molar-refractivity contribution in [1.82, 2.24) is 9.78 Å². The van der Waals surface area contributed by atoms with Gasteiger partial charge in [-0.3, -0.25) is 9.48 Å². The molecule has 1 unspecified atom stereocenters. The van der Waals surface area contributed by atoms with E-state index in [9.17, 15) is 4.79 Å². The Bertz CT molecular complexity index is 490. The van der Waals surface area contributed by atoms with Crippen LogP contribution in [0.15, 0.2) is 42.7 Å². The van der Waals surface area contributed by atoms with Crippen molar-refractivity contribution in [3.63, 3.8) is 0 Å². The van der Waals surface area contributed by atoms with E-state index in [-0.39, 0.29) is 5.91 Å². The van der Waals surface area contributed by atoms with Crippen molar-refractivity contribution in [1.29, 1.82) is 0 Å². The fourth-order valence-corrected chi connectivity index (χ4v) is 1.46. The molecule has 2 rings (SSSR count). The summed E-state index contributed by atoms with van der Waals surface area (Å²) in [7, 11) is 0. The summed E-state index contributed by atoms with van der Waals surface area (Å²) in [6, 6.07) is 9.46. The van der Waals surface area contributed by atoms with Gasteiger partial charge in [-0.25, -0.2) is 0 Å². The molecule has 0 fully saturated rings. The van der Waals surface area contributed by atoms with Crippen LogP contribution in [-0.4, -0.2) is 15.7 Å². The molecule has 1 atom stereocenters. The highest BCUT2D eigenvalue weighted by atomic mass is 16.1. The number of rotatable bonds is 3. The van der Waals surface area contributed by atoms with Crippen molar-refractivity contribution in [2.75, 3.05) is 0 Å². The van der Waals surface area contributed by atoms with Crippen LogP contribution in [0.1, 0.15) is 13.0 Å². The molecule has 4 nitrogen and oxygen atoms in total. The van der Waals surface area contributed by atoms with E-state index in [0.717, 1.165) is 11.1 Å². The van der Waals surface area contributed by atoms with E-state index in [4.69, 9.17) is 5.73 Å². The third-order valence-electron chi connectivity index (χ3n) is 2.52. The van der Waals surface area contributed by atoms with E-state index in [2.05, 4.69) is 5.10 Å². The van der Waals surface area contributed by atoms with Crippen LogP contribution in [0, 0.1) is 0 Å². The number of carbonyl (C=O) groups excluding carboxylic acids is 1. The van der Waals surface area contributed by atoms with Crippen LogP contribution in [0.25, 0.3) is 11.1 Å². The summed E-state index contributed by atoms with van der Waals surface area (Å²) >= 11 is 0. The van der Waals surface area contributed by atoms with E-state index in [1.54, 1.807) is 17.8 Å². The maximum absolute atomic E-state index is 11.0. The van der Waals surface area contributed by atoms with Crippen molar-refractivity contribution in [2.24, 2.45) is 5.73 Å². The molecule has 0 aliphatic heterocycles. The highest BCUT2D eigenvalue weighted by Gasteiger charge is 2.12. The highest BCUT2D eigenvalue weighted by molar-refractivity contribution is 5.78. The summed E-state index contributed by atoms with van der Waals surface area (Å²) in [5, 5.41) is 4.13. The first-order chi connectivity index (χ1) is 7.68. The molecule has 0 aliphatic carbocycles. The van der Waals surface area contributed by atoms with Crippen LogP contribution in [0.3, 0.4) is 0 Å². The number of nitrogens with two attached hydrogens (primary N) is 1. The van der Waals surface area contributed by atoms with E-state index >= 15 is 0 Å². The molecule has 2 N–H and O–H groups in total. The van der Waals surface area contributed by atoms with Crippen LogP contribution in [0.2, 0.25) is 0 Å². The first kappa shape index (κ1) is 10.4. The average Bonchev–Trinajstić information content (AvgIpc) is 2.78. The Kier molecular flexibility index (Phi) is 2.72. The summed E-state index contributed by atoms with van der Waals surface area (Å²) in [6.07, 6.45) is 3.56. The largest absolute Gasteiger partial charge is 0.368 e. The number of hydrogen-bond donors (Lipinski definition) is 1. The summed E-state index contributed by atoms with van der Waals surface area (Å²) in [5.41, 5.74) is 7.27. The standard InChI is InChI=1S/C12H13N3O/c1-9(12(13)16)15-8-11(7-14-15)10-5-3-2-4-6-10/h2-9H,1H3,(H2,13,16). The van der Waals surface area contributed by atoms with Crippen molar-refractivity contribution in [3.05, 3.63) is 42.7 Å². The second-order valence-corrected chi connectivity index (χ2v) is 3.65. The predicted octanol–water partition coefficient (Wildman–Crippen LogP) is 1.60. The van der Waals surface area contributed by atoms with E-state index in [0.29, 0.717) is 0 Å². The summed E-state index contributed by atoms with van der Waals surface area (Å²) < 4.78 is 1.57. The monoisotopic (exact) mass is 215 g/mol. The van der Waals surface area contributed by atoms with Gasteiger partial charge in [0.05, 0.1) is 6.20 Å². The molecule has 1 heterocycles. The molecule has 0 spiro atoms. The lowest BCUT2D eigenvalue weighted by Gasteiger charge is -2.06. The minimum Gasteiger partial charge on any atom is -0.368 e. The lowest BCUT2D eigenvalue weighted by Crippen LogP contribution is -2.24. The Hall–Kier alpha value is -2.10. The third-order valence-corrected chi connectivity index (χ3v) is 2.52. The van der Waals surface area contributed by atoms with Gasteiger partial charge < -0.3 is 5.73 Å². The third kappa shape index (κ3) is 1.95. The van der Waals surface area contributed by atoms with Crippen LogP contribution in [-0.2, 0) is 4.79 Å². The molecule has 2 aromatic rings. The molecule has 0 saturated carbocycles. The van der Waals surface area contributed by atoms with Gasteiger partial charge in [-0.05, 0) is 12.5 Å². The number of hydrogen-bond acceptors (Lipinski definition) is 2. The average molecular weight is 215 g/mol. The minimum absolute atomic E-state index is 0.386. The van der Waals surface area contributed by atoms with Crippen molar-refractivity contribution in [2.45, 2.75) is 13.0 Å². The summed E-state index contributed by atoms with van der Waals surface area (Å²) in [6.45, 7) is 1.73. The molecule has 1 aromatic carbocycles. The number of carbonyl (C=O) groups is 1. The molecule has 16 heavy (non-hydrogen) atoms. The first-order valence-corrected chi connectivity index (χ1v) is 5.07. The number of amides is 1. The predicted molar refractivity (Wildman–Crippen MR) is 61.6 cm³/mol. The van der Waals surface area contributed by atoms with Gasteiger partial charge in [0.25, 0.3) is 0 Å². The lowest BCUT2D eigenvalue weighted by molar-refractivity contribution is -0.120. The molecule has 0 aliphatic rings. The number of benzene rings is 1. The first-order valence-electron chi connectivity index (χ1n) is 5.07. The topological polar surface area (TPSA) is 60.9 Å². The zero-order valence-electron chi connectivity index (χ0n) is 9.00. The van der Waals surface area contributed by atoms with E-state index in [1.165, 1.54) is 0 Å². The van der Waals surface area contributed by atoms with Crippen molar-refractivity contribution in [3.8, 4) is 11.1 Å². The second-order valence-electron chi connectivity index (χ2n) is 3.65. The molecule has 0 radical (unpaired) electrons. The SMILES string of the molecule is CC(C(N)=O)n1cc(-c2ccccc2)cn1. The molecular weight excluding hydrogens is 202 g/mol. The molecule has 4 heteroatoms. The fraction of sp³-hybridized carbons (Fsp3) is 0.167. The number of primary amides is 1. The Balaban J connectivity index is 2.30. The van der Waals surface area contributed by atoms with Gasteiger partial charge in [-0.15, -0.1) is 0 Å². The lowest BCUT2D eigenvalue weighted by atomic mass is 10.1. The smallest absolute Gasteiger partial charge is 0.241 e. The molecule has 1 amide bonds. The quantitative estimate of drug-likeness (QED) is 0.845. The molecule has 0 saturated heterocycles. The number of aromatic nitrogens is 2.